The molecule has 2 rings (SSSR count). The third kappa shape index (κ3) is 3.39. The van der Waals surface area contributed by atoms with Crippen LogP contribution in [0.4, 0.5) is 0 Å². The second-order valence-electron chi connectivity index (χ2n) is 4.98. The highest BCUT2D eigenvalue weighted by Gasteiger charge is 2.33. The fourth-order valence-corrected chi connectivity index (χ4v) is 6.95. The minimum Gasteiger partial charge on any atom is -0.391 e. The van der Waals surface area contributed by atoms with Crippen molar-refractivity contribution >= 4 is 33.1 Å². The molecule has 2 N–H and O–H groups in total. The highest BCUT2D eigenvalue weighted by atomic mass is 32.2. The number of sulfonamides is 1. The molecular formula is C13H21NO3S3. The summed E-state index contributed by atoms with van der Waals surface area (Å²) in [7, 11) is -3.54. The smallest absolute Gasteiger partial charge is 0.242 e. The Morgan fingerprint density at radius 3 is 2.90 bits per heavy atom. The zero-order valence-electron chi connectivity index (χ0n) is 11.8. The molecule has 0 saturated heterocycles. The lowest BCUT2D eigenvalue weighted by atomic mass is 10.3. The molecule has 1 aromatic rings. The summed E-state index contributed by atoms with van der Waals surface area (Å²) in [6.45, 7) is 3.64. The lowest BCUT2D eigenvalue weighted by Crippen LogP contribution is -2.39. The Morgan fingerprint density at radius 1 is 1.50 bits per heavy atom. The topological polar surface area (TPSA) is 66.4 Å². The predicted molar refractivity (Wildman–Crippen MR) is 84.9 cm³/mol. The van der Waals surface area contributed by atoms with E-state index in [0.29, 0.717) is 15.7 Å². The maximum atomic E-state index is 12.6. The predicted octanol–water partition coefficient (Wildman–Crippen LogP) is 2.50. The lowest BCUT2D eigenvalue weighted by Gasteiger charge is -2.20. The van der Waals surface area contributed by atoms with Gasteiger partial charge in [-0.3, -0.25) is 0 Å². The molecule has 0 aromatic carbocycles. The van der Waals surface area contributed by atoms with E-state index in [-0.39, 0.29) is 17.5 Å². The maximum absolute atomic E-state index is 12.6. The Balaban J connectivity index is 2.21. The summed E-state index contributed by atoms with van der Waals surface area (Å²) in [4.78, 5) is 0.796. The molecule has 1 aliphatic rings. The summed E-state index contributed by atoms with van der Waals surface area (Å²) in [5, 5.41) is 11.5. The number of thiophene rings is 1. The van der Waals surface area contributed by atoms with Crippen molar-refractivity contribution < 1.29 is 13.5 Å². The lowest BCUT2D eigenvalue weighted by molar-refractivity contribution is 0.282. The van der Waals surface area contributed by atoms with Gasteiger partial charge >= 0.3 is 0 Å². The molecule has 7 heteroatoms. The highest BCUT2D eigenvalue weighted by molar-refractivity contribution is 8.00. The first-order valence-corrected chi connectivity index (χ1v) is 10.2. The van der Waals surface area contributed by atoms with Crippen molar-refractivity contribution in [2.24, 2.45) is 0 Å². The van der Waals surface area contributed by atoms with Crippen LogP contribution in [0.5, 0.6) is 0 Å². The van der Waals surface area contributed by atoms with E-state index in [9.17, 15) is 13.5 Å². The fraction of sp³-hybridized carbons (Fsp3) is 0.692. The summed E-state index contributed by atoms with van der Waals surface area (Å²) in [6, 6.07) is 0.00999. The van der Waals surface area contributed by atoms with Gasteiger partial charge in [-0.1, -0.05) is 13.3 Å². The summed E-state index contributed by atoms with van der Waals surface area (Å²) >= 11 is 3.12. The number of hydrogen-bond acceptors (Lipinski definition) is 5. The van der Waals surface area contributed by atoms with Crippen molar-refractivity contribution in [3.63, 3.8) is 0 Å². The van der Waals surface area contributed by atoms with Crippen molar-refractivity contribution in [3.8, 4) is 0 Å². The van der Waals surface area contributed by atoms with Gasteiger partial charge in [0.1, 0.15) is 4.90 Å². The van der Waals surface area contributed by atoms with Crippen LogP contribution in [0.15, 0.2) is 10.3 Å². The minimum absolute atomic E-state index is 0.00999. The van der Waals surface area contributed by atoms with Crippen molar-refractivity contribution in [3.05, 3.63) is 15.8 Å². The van der Waals surface area contributed by atoms with Gasteiger partial charge in [-0.2, -0.15) is 11.8 Å². The Bertz CT molecular complexity index is 553. The van der Waals surface area contributed by atoms with Crippen LogP contribution >= 0.6 is 23.1 Å². The van der Waals surface area contributed by atoms with Crippen LogP contribution in [0.25, 0.3) is 0 Å². The molecule has 0 bridgehead atoms. The van der Waals surface area contributed by atoms with Crippen LogP contribution in [0.1, 0.15) is 36.6 Å². The number of aryl methyl sites for hydroxylation is 1. The van der Waals surface area contributed by atoms with Crippen molar-refractivity contribution in [2.45, 2.75) is 55.9 Å². The van der Waals surface area contributed by atoms with E-state index >= 15 is 0 Å². The number of hydrogen-bond donors (Lipinski definition) is 2. The molecule has 1 saturated carbocycles. The number of aliphatic hydroxyl groups excluding tert-OH is 1. The molecule has 0 spiro atoms. The van der Waals surface area contributed by atoms with Crippen molar-refractivity contribution in [2.75, 3.05) is 5.75 Å². The largest absolute Gasteiger partial charge is 0.391 e. The number of thioether (sulfide) groups is 1. The Morgan fingerprint density at radius 2 is 2.25 bits per heavy atom. The van der Waals surface area contributed by atoms with Crippen LogP contribution in [-0.2, 0) is 16.6 Å². The average molecular weight is 336 g/mol. The van der Waals surface area contributed by atoms with Gasteiger partial charge in [-0.15, -0.1) is 11.3 Å². The summed E-state index contributed by atoms with van der Waals surface area (Å²) in [5.41, 5.74) is 0.712. The second kappa shape index (κ2) is 6.79. The quantitative estimate of drug-likeness (QED) is 0.838. The van der Waals surface area contributed by atoms with E-state index < -0.39 is 10.0 Å². The van der Waals surface area contributed by atoms with Gasteiger partial charge in [0.2, 0.25) is 10.0 Å². The molecule has 114 valence electrons. The van der Waals surface area contributed by atoms with E-state index in [1.807, 2.05) is 11.8 Å². The second-order valence-corrected chi connectivity index (χ2v) is 9.11. The van der Waals surface area contributed by atoms with Crippen molar-refractivity contribution in [1.82, 2.24) is 4.72 Å². The van der Waals surface area contributed by atoms with Crippen LogP contribution in [-0.4, -0.2) is 30.6 Å². The van der Waals surface area contributed by atoms with Gasteiger partial charge in [0.05, 0.1) is 11.5 Å². The van der Waals surface area contributed by atoms with Crippen LogP contribution in [0.3, 0.4) is 0 Å². The van der Waals surface area contributed by atoms with E-state index in [0.717, 1.165) is 25.0 Å². The molecule has 0 aliphatic heterocycles. The number of rotatable bonds is 6. The molecule has 0 amide bonds. The Labute approximate surface area is 129 Å². The first-order valence-electron chi connectivity index (χ1n) is 6.81. The molecule has 2 unspecified atom stereocenters. The average Bonchev–Trinajstić information content (AvgIpc) is 2.97. The minimum atomic E-state index is -3.54. The number of aliphatic hydroxyl groups is 1. The van der Waals surface area contributed by atoms with Crippen LogP contribution < -0.4 is 4.72 Å². The normalized spacial score (nSPS) is 23.4. The highest BCUT2D eigenvalue weighted by Crippen LogP contribution is 2.32. The van der Waals surface area contributed by atoms with Crippen molar-refractivity contribution in [1.29, 1.82) is 0 Å². The van der Waals surface area contributed by atoms with Gasteiger partial charge < -0.3 is 5.11 Å². The molecule has 4 nitrogen and oxygen atoms in total. The molecule has 0 radical (unpaired) electrons. The molecule has 1 aliphatic carbocycles. The molecule has 1 heterocycles. The SMILES string of the molecule is CCSC1CCCC1NS(=O)(=O)c1c(C)csc1CO. The maximum Gasteiger partial charge on any atom is 0.242 e. The first kappa shape index (κ1) is 16.3. The third-order valence-corrected chi connectivity index (χ3v) is 7.80. The summed E-state index contributed by atoms with van der Waals surface area (Å²) < 4.78 is 28.0. The van der Waals surface area contributed by atoms with Gasteiger partial charge in [-0.25, -0.2) is 13.1 Å². The van der Waals surface area contributed by atoms with E-state index in [1.54, 1.807) is 12.3 Å². The van der Waals surface area contributed by atoms with Crippen LogP contribution in [0, 0.1) is 6.92 Å². The molecule has 2 atom stereocenters. The van der Waals surface area contributed by atoms with E-state index in [2.05, 4.69) is 11.6 Å². The molecule has 1 aromatic heterocycles. The van der Waals surface area contributed by atoms with Crippen LogP contribution in [0.2, 0.25) is 0 Å². The zero-order chi connectivity index (χ0) is 14.8. The van der Waals surface area contributed by atoms with Gasteiger partial charge in [0.25, 0.3) is 0 Å². The van der Waals surface area contributed by atoms with E-state index in [1.165, 1.54) is 11.3 Å². The van der Waals surface area contributed by atoms with Gasteiger partial charge in [0.15, 0.2) is 0 Å². The van der Waals surface area contributed by atoms with Gasteiger partial charge in [-0.05, 0) is 36.5 Å². The summed E-state index contributed by atoms with van der Waals surface area (Å²) in [6.07, 6.45) is 3.04. The third-order valence-electron chi connectivity index (χ3n) is 3.54. The first-order chi connectivity index (χ1) is 9.49. The summed E-state index contributed by atoms with van der Waals surface area (Å²) in [5.74, 6) is 1.00. The molecule has 1 fully saturated rings. The molecule has 20 heavy (non-hydrogen) atoms. The fourth-order valence-electron chi connectivity index (χ4n) is 2.69. The number of nitrogens with one attached hydrogen (secondary N) is 1. The van der Waals surface area contributed by atoms with E-state index in [4.69, 9.17) is 0 Å². The molecular weight excluding hydrogens is 314 g/mol. The standard InChI is InChI=1S/C13H21NO3S3/c1-3-18-11-6-4-5-10(11)14-20(16,17)13-9(2)8-19-12(13)7-15/h8,10-11,14-15H,3-7H2,1-2H3. The zero-order valence-corrected chi connectivity index (χ0v) is 14.2. The Kier molecular flexibility index (Phi) is 5.53. The monoisotopic (exact) mass is 335 g/mol. The Hall–Kier alpha value is -0.0800. The van der Waals surface area contributed by atoms with Gasteiger partial charge in [0, 0.05) is 11.3 Å².